The normalized spacial score (nSPS) is 15.5. The molecular weight excluding hydrogens is 238 g/mol. The minimum Gasteiger partial charge on any atom is -0.395 e. The van der Waals surface area contributed by atoms with Crippen molar-refractivity contribution in [3.05, 3.63) is 30.3 Å². The van der Waals surface area contributed by atoms with Gasteiger partial charge < -0.3 is 5.11 Å². The molecule has 17 heavy (non-hydrogen) atoms. The van der Waals surface area contributed by atoms with Crippen LogP contribution in [-0.4, -0.2) is 26.2 Å². The monoisotopic (exact) mass is 257 g/mol. The Morgan fingerprint density at radius 3 is 2.35 bits per heavy atom. The number of rotatable bonds is 6. The molecule has 0 bridgehead atoms. The minimum absolute atomic E-state index is 0.0958. The third-order valence-corrected chi connectivity index (χ3v) is 4.39. The Morgan fingerprint density at radius 2 is 1.88 bits per heavy atom. The smallest absolute Gasteiger partial charge is 0.240 e. The van der Waals surface area contributed by atoms with Crippen LogP contribution in [0.2, 0.25) is 0 Å². The molecule has 0 saturated heterocycles. The highest BCUT2D eigenvalue weighted by Crippen LogP contribution is 2.13. The molecule has 0 aliphatic carbocycles. The number of sulfonamides is 1. The molecule has 2 atom stereocenters. The molecule has 0 fully saturated rings. The molecule has 0 amide bonds. The largest absolute Gasteiger partial charge is 0.395 e. The second kappa shape index (κ2) is 6.14. The van der Waals surface area contributed by atoms with Gasteiger partial charge in [-0.2, -0.15) is 0 Å². The standard InChI is InChI=1S/C12H19NO3S/c1-3-10(2)12(9-14)13-17(15,16)11-7-5-4-6-8-11/h4-8,10,12-14H,3,9H2,1-2H3/t10-,12+/m0/s1. The van der Waals surface area contributed by atoms with E-state index in [1.165, 1.54) is 12.1 Å². The molecule has 0 radical (unpaired) electrons. The fraction of sp³-hybridized carbons (Fsp3) is 0.500. The van der Waals surface area contributed by atoms with E-state index < -0.39 is 16.1 Å². The van der Waals surface area contributed by atoms with Crippen LogP contribution in [0.25, 0.3) is 0 Å². The van der Waals surface area contributed by atoms with Crippen molar-refractivity contribution in [3.8, 4) is 0 Å². The van der Waals surface area contributed by atoms with Crippen LogP contribution in [0.15, 0.2) is 35.2 Å². The molecule has 0 unspecified atom stereocenters. The Kier molecular flexibility index (Phi) is 5.11. The van der Waals surface area contributed by atoms with Crippen LogP contribution in [0.3, 0.4) is 0 Å². The van der Waals surface area contributed by atoms with Crippen molar-refractivity contribution in [2.75, 3.05) is 6.61 Å². The van der Waals surface area contributed by atoms with Crippen molar-refractivity contribution in [2.45, 2.75) is 31.2 Å². The molecule has 1 rings (SSSR count). The van der Waals surface area contributed by atoms with Crippen LogP contribution in [-0.2, 0) is 10.0 Å². The fourth-order valence-corrected chi connectivity index (χ4v) is 2.84. The van der Waals surface area contributed by atoms with Crippen LogP contribution in [0, 0.1) is 5.92 Å². The zero-order valence-corrected chi connectivity index (χ0v) is 10.9. The van der Waals surface area contributed by atoms with E-state index in [4.69, 9.17) is 0 Å². The van der Waals surface area contributed by atoms with E-state index in [9.17, 15) is 13.5 Å². The molecule has 1 aromatic carbocycles. The molecule has 0 heterocycles. The van der Waals surface area contributed by atoms with E-state index in [0.717, 1.165) is 6.42 Å². The summed E-state index contributed by atoms with van der Waals surface area (Å²) in [5.74, 6) is 0.0958. The van der Waals surface area contributed by atoms with E-state index in [1.54, 1.807) is 18.2 Å². The van der Waals surface area contributed by atoms with Gasteiger partial charge in [0.05, 0.1) is 11.5 Å². The SMILES string of the molecule is CC[C@H](C)[C@@H](CO)NS(=O)(=O)c1ccccc1. The lowest BCUT2D eigenvalue weighted by molar-refractivity contribution is 0.219. The number of hydrogen-bond acceptors (Lipinski definition) is 3. The van der Waals surface area contributed by atoms with Crippen molar-refractivity contribution in [1.29, 1.82) is 0 Å². The van der Waals surface area contributed by atoms with Gasteiger partial charge in [-0.25, -0.2) is 13.1 Å². The van der Waals surface area contributed by atoms with Crippen molar-refractivity contribution < 1.29 is 13.5 Å². The van der Waals surface area contributed by atoms with E-state index in [2.05, 4.69) is 4.72 Å². The number of nitrogens with one attached hydrogen (secondary N) is 1. The molecule has 0 aliphatic heterocycles. The molecule has 0 aliphatic rings. The Hall–Kier alpha value is -0.910. The van der Waals surface area contributed by atoms with Crippen LogP contribution >= 0.6 is 0 Å². The van der Waals surface area contributed by atoms with Gasteiger partial charge in [0.1, 0.15) is 0 Å². The molecular formula is C12H19NO3S. The Balaban J connectivity index is 2.86. The molecule has 0 aromatic heterocycles. The first kappa shape index (κ1) is 14.2. The summed E-state index contributed by atoms with van der Waals surface area (Å²) in [5, 5.41) is 9.21. The van der Waals surface area contributed by atoms with E-state index in [-0.39, 0.29) is 17.4 Å². The van der Waals surface area contributed by atoms with Crippen molar-refractivity contribution in [1.82, 2.24) is 4.72 Å². The number of aliphatic hydroxyl groups is 1. The Labute approximate surface area is 103 Å². The summed E-state index contributed by atoms with van der Waals surface area (Å²) in [6.45, 7) is 3.68. The van der Waals surface area contributed by atoms with Crippen LogP contribution in [0.1, 0.15) is 20.3 Å². The third kappa shape index (κ3) is 3.80. The zero-order valence-electron chi connectivity index (χ0n) is 10.1. The lowest BCUT2D eigenvalue weighted by Crippen LogP contribution is -2.41. The Bertz CT molecular complexity index is 430. The van der Waals surface area contributed by atoms with Gasteiger partial charge in [-0.3, -0.25) is 0 Å². The number of benzene rings is 1. The molecule has 2 N–H and O–H groups in total. The van der Waals surface area contributed by atoms with Crippen molar-refractivity contribution in [3.63, 3.8) is 0 Å². The first-order valence-electron chi connectivity index (χ1n) is 5.69. The van der Waals surface area contributed by atoms with Gasteiger partial charge in [-0.15, -0.1) is 0 Å². The number of aliphatic hydroxyl groups excluding tert-OH is 1. The van der Waals surface area contributed by atoms with Gasteiger partial charge in [-0.05, 0) is 18.1 Å². The highest BCUT2D eigenvalue weighted by molar-refractivity contribution is 7.89. The summed E-state index contributed by atoms with van der Waals surface area (Å²) in [4.78, 5) is 0.224. The molecule has 1 aromatic rings. The molecule has 4 nitrogen and oxygen atoms in total. The molecule has 96 valence electrons. The average molecular weight is 257 g/mol. The summed E-state index contributed by atoms with van der Waals surface area (Å²) in [6.07, 6.45) is 0.808. The van der Waals surface area contributed by atoms with Crippen molar-refractivity contribution in [2.24, 2.45) is 5.92 Å². The summed E-state index contributed by atoms with van der Waals surface area (Å²) in [6, 6.07) is 7.74. The molecule has 0 spiro atoms. The van der Waals surface area contributed by atoms with Crippen molar-refractivity contribution >= 4 is 10.0 Å². The second-order valence-corrected chi connectivity index (χ2v) is 5.82. The number of hydrogen-bond donors (Lipinski definition) is 2. The topological polar surface area (TPSA) is 66.4 Å². The van der Waals surface area contributed by atoms with Gasteiger partial charge in [-0.1, -0.05) is 38.5 Å². The maximum atomic E-state index is 12.0. The molecule has 5 heteroatoms. The summed E-state index contributed by atoms with van der Waals surface area (Å²) in [5.41, 5.74) is 0. The fourth-order valence-electron chi connectivity index (χ4n) is 1.48. The average Bonchev–Trinajstić information content (AvgIpc) is 2.36. The summed E-state index contributed by atoms with van der Waals surface area (Å²) < 4.78 is 26.5. The van der Waals surface area contributed by atoms with E-state index >= 15 is 0 Å². The van der Waals surface area contributed by atoms with Gasteiger partial charge in [0, 0.05) is 6.04 Å². The lowest BCUT2D eigenvalue weighted by Gasteiger charge is -2.21. The van der Waals surface area contributed by atoms with Crippen LogP contribution < -0.4 is 4.72 Å². The Morgan fingerprint density at radius 1 is 1.29 bits per heavy atom. The van der Waals surface area contributed by atoms with E-state index in [0.29, 0.717) is 0 Å². The minimum atomic E-state index is -3.54. The lowest BCUT2D eigenvalue weighted by atomic mass is 10.0. The third-order valence-electron chi connectivity index (χ3n) is 2.89. The second-order valence-electron chi connectivity index (χ2n) is 4.11. The first-order chi connectivity index (χ1) is 8.01. The first-order valence-corrected chi connectivity index (χ1v) is 7.17. The predicted octanol–water partition coefficient (Wildman–Crippen LogP) is 1.37. The van der Waals surface area contributed by atoms with E-state index in [1.807, 2.05) is 13.8 Å². The van der Waals surface area contributed by atoms with Gasteiger partial charge >= 0.3 is 0 Å². The maximum absolute atomic E-state index is 12.0. The van der Waals surface area contributed by atoms with Gasteiger partial charge in [0.15, 0.2) is 0 Å². The maximum Gasteiger partial charge on any atom is 0.240 e. The quantitative estimate of drug-likeness (QED) is 0.809. The summed E-state index contributed by atoms with van der Waals surface area (Å²) in [7, 11) is -3.54. The van der Waals surface area contributed by atoms with Gasteiger partial charge in [0.2, 0.25) is 10.0 Å². The van der Waals surface area contributed by atoms with Crippen LogP contribution in [0.4, 0.5) is 0 Å². The summed E-state index contributed by atoms with van der Waals surface area (Å²) >= 11 is 0. The molecule has 0 saturated carbocycles. The predicted molar refractivity (Wildman–Crippen MR) is 67.1 cm³/mol. The van der Waals surface area contributed by atoms with Crippen LogP contribution in [0.5, 0.6) is 0 Å². The highest BCUT2D eigenvalue weighted by Gasteiger charge is 2.22. The highest BCUT2D eigenvalue weighted by atomic mass is 32.2. The zero-order chi connectivity index (χ0) is 12.9. The van der Waals surface area contributed by atoms with Gasteiger partial charge in [0.25, 0.3) is 0 Å².